The molecule has 0 fully saturated rings. The average Bonchev–Trinajstić information content (AvgIpc) is 2.72. The summed E-state index contributed by atoms with van der Waals surface area (Å²) >= 11 is 0. The van der Waals surface area contributed by atoms with Gasteiger partial charge in [0.2, 0.25) is 0 Å². The molecule has 3 rings (SSSR count). The van der Waals surface area contributed by atoms with Crippen molar-refractivity contribution < 1.29 is 27.9 Å². The number of aromatic nitrogens is 1. The fraction of sp³-hybridized carbons (Fsp3) is 0.227. The van der Waals surface area contributed by atoms with E-state index in [4.69, 9.17) is 9.57 Å². The molecule has 156 valence electrons. The number of esters is 1. The molecule has 1 aromatic heterocycles. The lowest BCUT2D eigenvalue weighted by Gasteiger charge is -2.13. The van der Waals surface area contributed by atoms with Crippen molar-refractivity contribution in [2.45, 2.75) is 27.1 Å². The summed E-state index contributed by atoms with van der Waals surface area (Å²) in [5.41, 5.74) is 2.91. The van der Waals surface area contributed by atoms with Gasteiger partial charge < -0.3 is 14.3 Å². The number of carbonyl (C=O) groups is 1. The third-order valence-electron chi connectivity index (χ3n) is 4.29. The summed E-state index contributed by atoms with van der Waals surface area (Å²) in [6, 6.07) is 13.4. The number of fused-ring (bicyclic) bond motifs is 1. The fourth-order valence-electron chi connectivity index (χ4n) is 2.95. The summed E-state index contributed by atoms with van der Waals surface area (Å²) in [6.07, 6.45) is 1.42. The Kier molecular flexibility index (Phi) is 6.90. The molecule has 0 saturated heterocycles. The van der Waals surface area contributed by atoms with Crippen molar-refractivity contribution in [1.29, 1.82) is 0 Å². The third-order valence-corrected chi connectivity index (χ3v) is 4.29. The van der Waals surface area contributed by atoms with Crippen molar-refractivity contribution in [1.82, 2.24) is 4.98 Å². The number of oxime groups is 1. The van der Waals surface area contributed by atoms with Crippen molar-refractivity contribution in [3.8, 4) is 5.75 Å². The zero-order valence-electron chi connectivity index (χ0n) is 16.5. The SMILES string of the molecule is CCOC(=O)c1c(CO/N=C\c2ccc(OC(F)F)cc2)nc2ccccc2c1C. The quantitative estimate of drug-likeness (QED) is 0.299. The van der Waals surface area contributed by atoms with E-state index in [0.717, 1.165) is 16.5 Å². The number of nitrogens with zero attached hydrogens (tertiary/aromatic N) is 2. The van der Waals surface area contributed by atoms with Gasteiger partial charge in [0.15, 0.2) is 6.61 Å². The van der Waals surface area contributed by atoms with Crippen LogP contribution in [-0.2, 0) is 16.2 Å². The maximum absolute atomic E-state index is 12.5. The largest absolute Gasteiger partial charge is 0.462 e. The minimum absolute atomic E-state index is 0.0388. The molecular formula is C22H20F2N2O4. The highest BCUT2D eigenvalue weighted by atomic mass is 19.3. The molecule has 0 bridgehead atoms. The molecule has 30 heavy (non-hydrogen) atoms. The van der Waals surface area contributed by atoms with E-state index in [1.165, 1.54) is 18.3 Å². The Balaban J connectivity index is 1.77. The number of halogens is 2. The van der Waals surface area contributed by atoms with Crippen LogP contribution >= 0.6 is 0 Å². The van der Waals surface area contributed by atoms with E-state index in [2.05, 4.69) is 14.9 Å². The van der Waals surface area contributed by atoms with E-state index >= 15 is 0 Å². The predicted octanol–water partition coefficient (Wildman–Crippen LogP) is 4.87. The Labute approximate surface area is 172 Å². The normalized spacial score (nSPS) is 11.2. The van der Waals surface area contributed by atoms with Crippen molar-refractivity contribution in [2.24, 2.45) is 5.16 Å². The number of alkyl halides is 2. The lowest BCUT2D eigenvalue weighted by Crippen LogP contribution is -2.13. The number of aryl methyl sites for hydroxylation is 1. The number of benzene rings is 2. The van der Waals surface area contributed by atoms with E-state index in [0.29, 0.717) is 16.8 Å². The van der Waals surface area contributed by atoms with E-state index < -0.39 is 12.6 Å². The van der Waals surface area contributed by atoms with Crippen molar-refractivity contribution in [3.63, 3.8) is 0 Å². The van der Waals surface area contributed by atoms with Crippen LogP contribution in [-0.4, -0.2) is 30.4 Å². The molecule has 3 aromatic rings. The molecule has 0 spiro atoms. The van der Waals surface area contributed by atoms with Gasteiger partial charge in [0, 0.05) is 5.39 Å². The summed E-state index contributed by atoms with van der Waals surface area (Å²) in [5, 5.41) is 4.74. The summed E-state index contributed by atoms with van der Waals surface area (Å²) < 4.78 is 33.8. The van der Waals surface area contributed by atoms with Crippen LogP contribution in [0.4, 0.5) is 8.78 Å². The Morgan fingerprint density at radius 1 is 1.17 bits per heavy atom. The van der Waals surface area contributed by atoms with Gasteiger partial charge in [0.05, 0.1) is 29.6 Å². The highest BCUT2D eigenvalue weighted by molar-refractivity contribution is 5.98. The number of hydrogen-bond donors (Lipinski definition) is 0. The minimum Gasteiger partial charge on any atom is -0.462 e. The number of para-hydroxylation sites is 1. The van der Waals surface area contributed by atoms with E-state index in [1.807, 2.05) is 31.2 Å². The molecule has 0 aliphatic carbocycles. The van der Waals surface area contributed by atoms with Gasteiger partial charge in [0.25, 0.3) is 0 Å². The number of ether oxygens (including phenoxy) is 2. The van der Waals surface area contributed by atoms with Crippen LogP contribution in [0.3, 0.4) is 0 Å². The van der Waals surface area contributed by atoms with Crippen LogP contribution in [0.15, 0.2) is 53.7 Å². The second-order valence-electron chi connectivity index (χ2n) is 6.25. The van der Waals surface area contributed by atoms with Gasteiger partial charge in [-0.2, -0.15) is 8.78 Å². The Hall–Kier alpha value is -3.55. The first-order valence-electron chi connectivity index (χ1n) is 9.25. The molecule has 0 atom stereocenters. The summed E-state index contributed by atoms with van der Waals surface area (Å²) in [4.78, 5) is 22.3. The molecular weight excluding hydrogens is 394 g/mol. The van der Waals surface area contributed by atoms with Gasteiger partial charge >= 0.3 is 12.6 Å². The first-order chi connectivity index (χ1) is 14.5. The van der Waals surface area contributed by atoms with Crippen molar-refractivity contribution >= 4 is 23.1 Å². The van der Waals surface area contributed by atoms with Crippen LogP contribution in [0.25, 0.3) is 10.9 Å². The molecule has 2 aromatic carbocycles. The van der Waals surface area contributed by atoms with Gasteiger partial charge in [-0.15, -0.1) is 0 Å². The van der Waals surface area contributed by atoms with Gasteiger partial charge in [-0.3, -0.25) is 0 Å². The standard InChI is InChI=1S/C22H20F2N2O4/c1-3-28-21(27)20-14(2)17-6-4-5-7-18(17)26-19(20)13-29-25-12-15-8-10-16(11-9-15)30-22(23)24/h4-12,22H,3,13H2,1-2H3/b25-12-. The molecule has 6 nitrogen and oxygen atoms in total. The van der Waals surface area contributed by atoms with Gasteiger partial charge in [-0.05, 0) is 55.3 Å². The van der Waals surface area contributed by atoms with E-state index in [-0.39, 0.29) is 19.0 Å². The molecule has 0 saturated carbocycles. The Morgan fingerprint density at radius 3 is 2.60 bits per heavy atom. The molecule has 0 amide bonds. The first-order valence-corrected chi connectivity index (χ1v) is 9.25. The maximum atomic E-state index is 12.5. The number of hydrogen-bond acceptors (Lipinski definition) is 6. The molecule has 8 heteroatoms. The number of rotatable bonds is 8. The molecule has 1 heterocycles. The lowest BCUT2D eigenvalue weighted by molar-refractivity contribution is -0.0498. The summed E-state index contributed by atoms with van der Waals surface area (Å²) in [6.45, 7) is 0.906. The zero-order chi connectivity index (χ0) is 21.5. The van der Waals surface area contributed by atoms with Gasteiger partial charge in [0.1, 0.15) is 5.75 Å². The van der Waals surface area contributed by atoms with Crippen LogP contribution < -0.4 is 4.74 Å². The molecule has 0 unspecified atom stereocenters. The minimum atomic E-state index is -2.88. The van der Waals surface area contributed by atoms with Crippen molar-refractivity contribution in [2.75, 3.05) is 6.61 Å². The van der Waals surface area contributed by atoms with E-state index in [1.54, 1.807) is 19.1 Å². The maximum Gasteiger partial charge on any atom is 0.387 e. The Morgan fingerprint density at radius 2 is 1.90 bits per heavy atom. The third kappa shape index (κ3) is 5.08. The second-order valence-corrected chi connectivity index (χ2v) is 6.25. The number of carbonyl (C=O) groups excluding carboxylic acids is 1. The van der Waals surface area contributed by atoms with Crippen molar-refractivity contribution in [3.05, 3.63) is 70.9 Å². The average molecular weight is 414 g/mol. The fourth-order valence-corrected chi connectivity index (χ4v) is 2.95. The highest BCUT2D eigenvalue weighted by Crippen LogP contribution is 2.24. The van der Waals surface area contributed by atoms with Crippen LogP contribution in [0.2, 0.25) is 0 Å². The molecule has 0 aliphatic heterocycles. The van der Waals surface area contributed by atoms with Crippen LogP contribution in [0, 0.1) is 6.92 Å². The smallest absolute Gasteiger partial charge is 0.387 e. The first kappa shape index (κ1) is 21.2. The zero-order valence-corrected chi connectivity index (χ0v) is 16.5. The van der Waals surface area contributed by atoms with Crippen LogP contribution in [0.5, 0.6) is 5.75 Å². The molecule has 0 radical (unpaired) electrons. The topological polar surface area (TPSA) is 70.0 Å². The molecule has 0 N–H and O–H groups in total. The van der Waals surface area contributed by atoms with E-state index in [9.17, 15) is 13.6 Å². The molecule has 0 aliphatic rings. The highest BCUT2D eigenvalue weighted by Gasteiger charge is 2.20. The van der Waals surface area contributed by atoms with Gasteiger partial charge in [-0.1, -0.05) is 23.4 Å². The lowest BCUT2D eigenvalue weighted by atomic mass is 10.0. The summed E-state index contributed by atoms with van der Waals surface area (Å²) in [7, 11) is 0. The van der Waals surface area contributed by atoms with Gasteiger partial charge in [-0.25, -0.2) is 9.78 Å². The monoisotopic (exact) mass is 414 g/mol. The van der Waals surface area contributed by atoms with Crippen LogP contribution in [0.1, 0.15) is 34.1 Å². The summed E-state index contributed by atoms with van der Waals surface area (Å²) in [5.74, 6) is -0.413. The predicted molar refractivity (Wildman–Crippen MR) is 108 cm³/mol. The number of pyridine rings is 1. The Bertz CT molecular complexity index is 1050. The second kappa shape index (κ2) is 9.78.